The minimum absolute atomic E-state index is 0.821. The molecule has 100 valence electrons. The minimum Gasteiger partial charge on any atom is -0.379 e. The van der Waals surface area contributed by atoms with Crippen LogP contribution in [0.5, 0.6) is 0 Å². The molecule has 19 heavy (non-hydrogen) atoms. The average Bonchev–Trinajstić information content (AvgIpc) is 2.49. The molecule has 0 radical (unpaired) electrons. The first-order valence-electron chi connectivity index (χ1n) is 6.98. The SMILES string of the molecule is CCN(c1cccc2ccccc12)N1CCOCC1. The fraction of sp³-hybridized carbons (Fsp3) is 0.375. The van der Waals surface area contributed by atoms with E-state index in [1.165, 1.54) is 16.5 Å². The van der Waals surface area contributed by atoms with E-state index in [-0.39, 0.29) is 0 Å². The molecule has 0 atom stereocenters. The van der Waals surface area contributed by atoms with Crippen molar-refractivity contribution in [2.24, 2.45) is 0 Å². The summed E-state index contributed by atoms with van der Waals surface area (Å²) in [4.78, 5) is 0. The number of nitrogens with zero attached hydrogens (tertiary/aromatic N) is 2. The van der Waals surface area contributed by atoms with E-state index in [4.69, 9.17) is 4.74 Å². The van der Waals surface area contributed by atoms with Crippen LogP contribution in [0, 0.1) is 0 Å². The van der Waals surface area contributed by atoms with Crippen LogP contribution in [0.3, 0.4) is 0 Å². The van der Waals surface area contributed by atoms with Gasteiger partial charge in [-0.3, -0.25) is 0 Å². The molecule has 2 aromatic rings. The van der Waals surface area contributed by atoms with E-state index in [0.717, 1.165) is 32.8 Å². The second-order valence-corrected chi connectivity index (χ2v) is 4.78. The Morgan fingerprint density at radius 3 is 2.58 bits per heavy atom. The summed E-state index contributed by atoms with van der Waals surface area (Å²) in [7, 11) is 0. The van der Waals surface area contributed by atoms with E-state index in [1.54, 1.807) is 0 Å². The van der Waals surface area contributed by atoms with Gasteiger partial charge in [-0.05, 0) is 18.4 Å². The summed E-state index contributed by atoms with van der Waals surface area (Å²) < 4.78 is 5.45. The maximum atomic E-state index is 5.45. The van der Waals surface area contributed by atoms with Crippen LogP contribution >= 0.6 is 0 Å². The number of hydrogen-bond acceptors (Lipinski definition) is 3. The van der Waals surface area contributed by atoms with Crippen molar-refractivity contribution in [1.29, 1.82) is 0 Å². The zero-order chi connectivity index (χ0) is 13.1. The molecule has 0 unspecified atom stereocenters. The molecule has 1 heterocycles. The second kappa shape index (κ2) is 5.59. The quantitative estimate of drug-likeness (QED) is 0.840. The molecular formula is C16H20N2O. The van der Waals surface area contributed by atoms with Gasteiger partial charge >= 0.3 is 0 Å². The fourth-order valence-corrected chi connectivity index (χ4v) is 2.75. The number of benzene rings is 2. The molecule has 0 N–H and O–H groups in total. The van der Waals surface area contributed by atoms with Crippen molar-refractivity contribution in [2.45, 2.75) is 6.92 Å². The molecule has 1 fully saturated rings. The van der Waals surface area contributed by atoms with Crippen molar-refractivity contribution in [1.82, 2.24) is 5.01 Å². The van der Waals surface area contributed by atoms with Gasteiger partial charge in [-0.2, -0.15) is 0 Å². The fourth-order valence-electron chi connectivity index (χ4n) is 2.75. The molecule has 1 saturated heterocycles. The van der Waals surface area contributed by atoms with Gasteiger partial charge in [0, 0.05) is 25.0 Å². The number of hydrazine groups is 1. The molecule has 3 nitrogen and oxygen atoms in total. The van der Waals surface area contributed by atoms with Gasteiger partial charge in [-0.25, -0.2) is 5.01 Å². The highest BCUT2D eigenvalue weighted by Gasteiger charge is 2.18. The number of anilines is 1. The molecule has 3 heteroatoms. The maximum absolute atomic E-state index is 5.45. The average molecular weight is 256 g/mol. The standard InChI is InChI=1S/C16H20N2O/c1-2-18(17-10-12-19-13-11-17)16-9-5-7-14-6-3-4-8-15(14)16/h3-9H,2,10-13H2,1H3. The number of morpholine rings is 1. The number of rotatable bonds is 3. The molecule has 1 aliphatic heterocycles. The molecule has 0 spiro atoms. The van der Waals surface area contributed by atoms with Crippen molar-refractivity contribution in [3.63, 3.8) is 0 Å². The van der Waals surface area contributed by atoms with E-state index in [2.05, 4.69) is 59.4 Å². The molecule has 0 aliphatic carbocycles. The lowest BCUT2D eigenvalue weighted by Gasteiger charge is -2.38. The minimum atomic E-state index is 0.821. The highest BCUT2D eigenvalue weighted by molar-refractivity contribution is 5.94. The first kappa shape index (κ1) is 12.5. The van der Waals surface area contributed by atoms with Gasteiger partial charge in [0.05, 0.1) is 18.9 Å². The zero-order valence-electron chi connectivity index (χ0n) is 11.4. The summed E-state index contributed by atoms with van der Waals surface area (Å²) in [5, 5.41) is 7.39. The van der Waals surface area contributed by atoms with Crippen LogP contribution in [0.25, 0.3) is 10.8 Å². The third-order valence-corrected chi connectivity index (χ3v) is 3.67. The van der Waals surface area contributed by atoms with Crippen molar-refractivity contribution >= 4 is 16.5 Å². The lowest BCUT2D eigenvalue weighted by Crippen LogP contribution is -2.49. The van der Waals surface area contributed by atoms with Crippen LogP contribution in [-0.2, 0) is 4.74 Å². The summed E-state index contributed by atoms with van der Waals surface area (Å²) in [5.74, 6) is 0. The van der Waals surface area contributed by atoms with Crippen LogP contribution < -0.4 is 5.01 Å². The van der Waals surface area contributed by atoms with Crippen molar-refractivity contribution in [3.8, 4) is 0 Å². The lowest BCUT2D eigenvalue weighted by molar-refractivity contribution is 0.0324. The Morgan fingerprint density at radius 2 is 1.79 bits per heavy atom. The first-order valence-corrected chi connectivity index (χ1v) is 6.98. The molecular weight excluding hydrogens is 236 g/mol. The van der Waals surface area contributed by atoms with Gasteiger partial charge in [-0.1, -0.05) is 36.4 Å². The Kier molecular flexibility index (Phi) is 3.67. The van der Waals surface area contributed by atoms with Crippen LogP contribution in [0.15, 0.2) is 42.5 Å². The summed E-state index contributed by atoms with van der Waals surface area (Å²) in [6, 6.07) is 15.1. The normalized spacial score (nSPS) is 16.7. The molecule has 0 aromatic heterocycles. The van der Waals surface area contributed by atoms with Gasteiger partial charge < -0.3 is 9.75 Å². The molecule has 2 aromatic carbocycles. The van der Waals surface area contributed by atoms with Crippen molar-refractivity contribution in [2.75, 3.05) is 37.9 Å². The topological polar surface area (TPSA) is 15.7 Å². The van der Waals surface area contributed by atoms with Gasteiger partial charge in [0.2, 0.25) is 0 Å². The maximum Gasteiger partial charge on any atom is 0.0612 e. The Labute approximate surface area is 114 Å². The number of fused-ring (bicyclic) bond motifs is 1. The summed E-state index contributed by atoms with van der Waals surface area (Å²) in [5.41, 5.74) is 1.29. The predicted molar refractivity (Wildman–Crippen MR) is 79.4 cm³/mol. The van der Waals surface area contributed by atoms with E-state index < -0.39 is 0 Å². The van der Waals surface area contributed by atoms with Gasteiger partial charge in [0.1, 0.15) is 0 Å². The van der Waals surface area contributed by atoms with Crippen LogP contribution in [0.4, 0.5) is 5.69 Å². The van der Waals surface area contributed by atoms with Gasteiger partial charge in [0.25, 0.3) is 0 Å². The molecule has 1 aliphatic rings. The monoisotopic (exact) mass is 256 g/mol. The van der Waals surface area contributed by atoms with Crippen molar-refractivity contribution < 1.29 is 4.74 Å². The number of ether oxygens (including phenoxy) is 1. The van der Waals surface area contributed by atoms with Crippen LogP contribution in [-0.4, -0.2) is 37.9 Å². The predicted octanol–water partition coefficient (Wildman–Crippen LogP) is 2.91. The Balaban J connectivity index is 2.00. The van der Waals surface area contributed by atoms with E-state index in [9.17, 15) is 0 Å². The summed E-state index contributed by atoms with van der Waals surface area (Å²) in [6.07, 6.45) is 0. The third-order valence-electron chi connectivity index (χ3n) is 3.67. The lowest BCUT2D eigenvalue weighted by atomic mass is 10.1. The second-order valence-electron chi connectivity index (χ2n) is 4.78. The highest BCUT2D eigenvalue weighted by Crippen LogP contribution is 2.27. The van der Waals surface area contributed by atoms with E-state index >= 15 is 0 Å². The van der Waals surface area contributed by atoms with Crippen molar-refractivity contribution in [3.05, 3.63) is 42.5 Å². The van der Waals surface area contributed by atoms with Crippen LogP contribution in [0.2, 0.25) is 0 Å². The zero-order valence-corrected chi connectivity index (χ0v) is 11.4. The Bertz CT molecular complexity index is 544. The molecule has 3 rings (SSSR count). The number of hydrogen-bond donors (Lipinski definition) is 0. The summed E-state index contributed by atoms with van der Waals surface area (Å²) >= 11 is 0. The smallest absolute Gasteiger partial charge is 0.0612 e. The summed E-state index contributed by atoms with van der Waals surface area (Å²) in [6.45, 7) is 6.77. The van der Waals surface area contributed by atoms with E-state index in [0.29, 0.717) is 0 Å². The van der Waals surface area contributed by atoms with Gasteiger partial charge in [0.15, 0.2) is 0 Å². The third kappa shape index (κ3) is 2.44. The molecule has 0 bridgehead atoms. The largest absolute Gasteiger partial charge is 0.379 e. The highest BCUT2D eigenvalue weighted by atomic mass is 16.5. The molecule has 0 amide bonds. The van der Waals surface area contributed by atoms with Gasteiger partial charge in [-0.15, -0.1) is 0 Å². The van der Waals surface area contributed by atoms with Crippen LogP contribution in [0.1, 0.15) is 6.92 Å². The van der Waals surface area contributed by atoms with E-state index in [1.807, 2.05) is 0 Å². The first-order chi connectivity index (χ1) is 9.40. The molecule has 0 saturated carbocycles. The Morgan fingerprint density at radius 1 is 1.05 bits per heavy atom. The Hall–Kier alpha value is -1.58.